The van der Waals surface area contributed by atoms with Gasteiger partial charge >= 0.3 is 0 Å². The van der Waals surface area contributed by atoms with E-state index in [1.165, 1.54) is 5.56 Å². The molecule has 0 N–H and O–H groups in total. The van der Waals surface area contributed by atoms with Gasteiger partial charge in [0.2, 0.25) is 0 Å². The summed E-state index contributed by atoms with van der Waals surface area (Å²) in [6, 6.07) is 10.7. The van der Waals surface area contributed by atoms with Gasteiger partial charge in [-0.2, -0.15) is 0 Å². The molecule has 1 saturated heterocycles. The highest BCUT2D eigenvalue weighted by Gasteiger charge is 2.26. The smallest absolute Gasteiger partial charge is 0.0721 e. The summed E-state index contributed by atoms with van der Waals surface area (Å²) in [6.45, 7) is 9.65. The van der Waals surface area contributed by atoms with E-state index in [0.29, 0.717) is 6.10 Å². The van der Waals surface area contributed by atoms with Crippen molar-refractivity contribution in [1.82, 2.24) is 4.90 Å². The summed E-state index contributed by atoms with van der Waals surface area (Å²) in [6.07, 6.45) is 1.56. The minimum absolute atomic E-state index is 0.0204. The Morgan fingerprint density at radius 1 is 1.24 bits per heavy atom. The van der Waals surface area contributed by atoms with E-state index in [2.05, 4.69) is 56.0 Å². The largest absolute Gasteiger partial charge is 0.371 e. The maximum Gasteiger partial charge on any atom is 0.0721 e. The summed E-state index contributed by atoms with van der Waals surface area (Å²) >= 11 is 0. The van der Waals surface area contributed by atoms with E-state index >= 15 is 0 Å². The van der Waals surface area contributed by atoms with Crippen molar-refractivity contribution < 1.29 is 4.74 Å². The Morgan fingerprint density at radius 2 is 1.94 bits per heavy atom. The Hall–Kier alpha value is -0.860. The topological polar surface area (TPSA) is 12.5 Å². The van der Waals surface area contributed by atoms with Crippen molar-refractivity contribution in [2.75, 3.05) is 13.1 Å². The normalized spacial score (nSPS) is 21.9. The molecule has 0 saturated carbocycles. The highest BCUT2D eigenvalue weighted by Crippen LogP contribution is 2.20. The Bertz CT molecular complexity index is 342. The third-order valence-electron chi connectivity index (χ3n) is 3.00. The van der Waals surface area contributed by atoms with E-state index in [-0.39, 0.29) is 5.60 Å². The van der Waals surface area contributed by atoms with Gasteiger partial charge in [-0.25, -0.2) is 0 Å². The summed E-state index contributed by atoms with van der Waals surface area (Å²) in [7, 11) is 0. The molecular weight excluding hydrogens is 210 g/mol. The van der Waals surface area contributed by atoms with Gasteiger partial charge in [-0.05, 0) is 32.8 Å². The van der Waals surface area contributed by atoms with E-state index in [4.69, 9.17) is 4.74 Å². The van der Waals surface area contributed by atoms with Crippen LogP contribution < -0.4 is 0 Å². The molecule has 1 aliphatic rings. The zero-order chi connectivity index (χ0) is 12.3. The molecule has 1 heterocycles. The van der Waals surface area contributed by atoms with Gasteiger partial charge in [0.1, 0.15) is 0 Å². The van der Waals surface area contributed by atoms with Crippen LogP contribution in [0.4, 0.5) is 0 Å². The lowest BCUT2D eigenvalue weighted by Crippen LogP contribution is -2.30. The van der Waals surface area contributed by atoms with Crippen LogP contribution in [0.25, 0.3) is 0 Å². The van der Waals surface area contributed by atoms with Crippen LogP contribution in [-0.4, -0.2) is 29.7 Å². The van der Waals surface area contributed by atoms with Crippen LogP contribution >= 0.6 is 0 Å². The number of nitrogens with zero attached hydrogens (tertiary/aromatic N) is 1. The molecule has 1 aromatic carbocycles. The Kier molecular flexibility index (Phi) is 3.85. The molecule has 2 rings (SSSR count). The van der Waals surface area contributed by atoms with Gasteiger partial charge in [0.05, 0.1) is 11.7 Å². The van der Waals surface area contributed by atoms with Crippen LogP contribution in [-0.2, 0) is 11.3 Å². The van der Waals surface area contributed by atoms with Gasteiger partial charge < -0.3 is 4.74 Å². The van der Waals surface area contributed by atoms with Crippen molar-refractivity contribution in [3.63, 3.8) is 0 Å². The van der Waals surface area contributed by atoms with Crippen molar-refractivity contribution in [3.8, 4) is 0 Å². The fourth-order valence-corrected chi connectivity index (χ4v) is 2.38. The number of hydrogen-bond acceptors (Lipinski definition) is 2. The van der Waals surface area contributed by atoms with Gasteiger partial charge in [0.15, 0.2) is 0 Å². The molecule has 0 radical (unpaired) electrons. The third kappa shape index (κ3) is 4.14. The first kappa shape index (κ1) is 12.6. The molecule has 0 amide bonds. The second-order valence-electron chi connectivity index (χ2n) is 5.86. The van der Waals surface area contributed by atoms with Crippen LogP contribution in [0.15, 0.2) is 30.3 Å². The number of hydrogen-bond donors (Lipinski definition) is 0. The zero-order valence-electron chi connectivity index (χ0n) is 11.1. The molecule has 0 aromatic heterocycles. The van der Waals surface area contributed by atoms with Gasteiger partial charge in [-0.3, -0.25) is 4.90 Å². The lowest BCUT2D eigenvalue weighted by Gasteiger charge is -2.25. The summed E-state index contributed by atoms with van der Waals surface area (Å²) in [4.78, 5) is 2.48. The van der Waals surface area contributed by atoms with E-state index in [1.807, 2.05) is 0 Å². The standard InChI is InChI=1S/C15H23NO/c1-15(2,3)17-14-9-10-16(12-14)11-13-7-5-4-6-8-13/h4-8,14H,9-12H2,1-3H3/t14-/m1/s1. The number of ether oxygens (including phenoxy) is 1. The monoisotopic (exact) mass is 233 g/mol. The molecule has 1 aliphatic heterocycles. The summed E-state index contributed by atoms with van der Waals surface area (Å²) < 4.78 is 6.02. The average molecular weight is 233 g/mol. The first-order valence-electron chi connectivity index (χ1n) is 6.47. The molecule has 0 unspecified atom stereocenters. The van der Waals surface area contributed by atoms with E-state index in [1.54, 1.807) is 0 Å². The lowest BCUT2D eigenvalue weighted by atomic mass is 10.2. The second kappa shape index (κ2) is 5.19. The second-order valence-corrected chi connectivity index (χ2v) is 5.86. The van der Waals surface area contributed by atoms with Crippen LogP contribution in [0.1, 0.15) is 32.8 Å². The van der Waals surface area contributed by atoms with Crippen LogP contribution in [0.5, 0.6) is 0 Å². The van der Waals surface area contributed by atoms with Crippen molar-refractivity contribution in [3.05, 3.63) is 35.9 Å². The van der Waals surface area contributed by atoms with E-state index < -0.39 is 0 Å². The first-order valence-corrected chi connectivity index (χ1v) is 6.47. The Labute approximate surface area is 105 Å². The SMILES string of the molecule is CC(C)(C)O[C@@H]1CCN(Cc2ccccc2)C1. The van der Waals surface area contributed by atoms with Crippen LogP contribution in [0.3, 0.4) is 0 Å². The van der Waals surface area contributed by atoms with E-state index in [9.17, 15) is 0 Å². The average Bonchev–Trinajstić information content (AvgIpc) is 2.64. The quantitative estimate of drug-likeness (QED) is 0.795. The van der Waals surface area contributed by atoms with Gasteiger partial charge in [0, 0.05) is 19.6 Å². The highest BCUT2D eigenvalue weighted by molar-refractivity contribution is 5.14. The molecule has 1 fully saturated rings. The minimum Gasteiger partial charge on any atom is -0.371 e. The zero-order valence-corrected chi connectivity index (χ0v) is 11.1. The fourth-order valence-electron chi connectivity index (χ4n) is 2.38. The van der Waals surface area contributed by atoms with Gasteiger partial charge in [0.25, 0.3) is 0 Å². The molecule has 17 heavy (non-hydrogen) atoms. The molecule has 94 valence electrons. The van der Waals surface area contributed by atoms with Crippen LogP contribution in [0.2, 0.25) is 0 Å². The molecule has 0 spiro atoms. The van der Waals surface area contributed by atoms with Crippen LogP contribution in [0, 0.1) is 0 Å². The van der Waals surface area contributed by atoms with Gasteiger partial charge in [-0.1, -0.05) is 30.3 Å². The summed E-state index contributed by atoms with van der Waals surface area (Å²) in [5.74, 6) is 0. The number of benzene rings is 1. The fraction of sp³-hybridized carbons (Fsp3) is 0.600. The molecule has 1 atom stereocenters. The Morgan fingerprint density at radius 3 is 2.59 bits per heavy atom. The number of rotatable bonds is 3. The van der Waals surface area contributed by atoms with Crippen molar-refractivity contribution in [2.45, 2.75) is 45.4 Å². The maximum atomic E-state index is 6.02. The predicted molar refractivity (Wildman–Crippen MR) is 71.0 cm³/mol. The molecule has 0 aliphatic carbocycles. The predicted octanol–water partition coefficient (Wildman–Crippen LogP) is 3.08. The molecule has 1 aromatic rings. The summed E-state index contributed by atoms with van der Waals surface area (Å²) in [5.41, 5.74) is 1.37. The molecular formula is C15H23NO. The van der Waals surface area contributed by atoms with Gasteiger partial charge in [-0.15, -0.1) is 0 Å². The minimum atomic E-state index is -0.0204. The summed E-state index contributed by atoms with van der Waals surface area (Å²) in [5, 5.41) is 0. The molecule has 2 nitrogen and oxygen atoms in total. The lowest BCUT2D eigenvalue weighted by molar-refractivity contribution is -0.0541. The van der Waals surface area contributed by atoms with Crippen molar-refractivity contribution >= 4 is 0 Å². The first-order chi connectivity index (χ1) is 8.03. The third-order valence-corrected chi connectivity index (χ3v) is 3.00. The Balaban J connectivity index is 1.82. The van der Waals surface area contributed by atoms with Crippen molar-refractivity contribution in [2.24, 2.45) is 0 Å². The molecule has 2 heteroatoms. The van der Waals surface area contributed by atoms with Crippen molar-refractivity contribution in [1.29, 1.82) is 0 Å². The van der Waals surface area contributed by atoms with E-state index in [0.717, 1.165) is 26.1 Å². The molecule has 0 bridgehead atoms. The highest BCUT2D eigenvalue weighted by atomic mass is 16.5. The number of likely N-dealkylation sites (tertiary alicyclic amines) is 1. The maximum absolute atomic E-state index is 6.02.